The van der Waals surface area contributed by atoms with E-state index in [2.05, 4.69) is 5.10 Å². The monoisotopic (exact) mass is 544 g/mol. The SMILES string of the molecule is COc1cc(/C=C2/C(=O)N(c3cccc(C(F)(F)F)c3)N=C2C)cc(I)c1OC(C)=O. The van der Waals surface area contributed by atoms with E-state index in [1.807, 2.05) is 22.6 Å². The normalized spacial score (nSPS) is 15.3. The van der Waals surface area contributed by atoms with Crippen LogP contribution >= 0.6 is 22.6 Å². The molecule has 0 unspecified atom stereocenters. The van der Waals surface area contributed by atoms with Crippen LogP contribution in [0, 0.1) is 3.57 Å². The van der Waals surface area contributed by atoms with E-state index < -0.39 is 23.6 Å². The summed E-state index contributed by atoms with van der Waals surface area (Å²) in [5.41, 5.74) is 0.278. The minimum absolute atomic E-state index is 0.0138. The Morgan fingerprint density at radius 2 is 1.94 bits per heavy atom. The number of esters is 1. The molecule has 162 valence electrons. The number of nitrogens with zero attached hydrogens (tertiary/aromatic N) is 2. The highest BCUT2D eigenvalue weighted by Gasteiger charge is 2.33. The molecule has 0 bridgehead atoms. The summed E-state index contributed by atoms with van der Waals surface area (Å²) in [6.07, 6.45) is -2.98. The van der Waals surface area contributed by atoms with E-state index in [0.29, 0.717) is 20.6 Å². The number of carbonyl (C=O) groups is 2. The van der Waals surface area contributed by atoms with E-state index in [0.717, 1.165) is 17.1 Å². The van der Waals surface area contributed by atoms with Gasteiger partial charge in [0.1, 0.15) is 0 Å². The second-order valence-electron chi connectivity index (χ2n) is 6.54. The largest absolute Gasteiger partial charge is 0.493 e. The smallest absolute Gasteiger partial charge is 0.416 e. The third-order valence-electron chi connectivity index (χ3n) is 4.29. The van der Waals surface area contributed by atoms with Gasteiger partial charge in [0.25, 0.3) is 5.91 Å². The second-order valence-corrected chi connectivity index (χ2v) is 7.70. The Balaban J connectivity index is 1.97. The van der Waals surface area contributed by atoms with Gasteiger partial charge >= 0.3 is 12.1 Å². The van der Waals surface area contributed by atoms with Crippen molar-refractivity contribution in [1.29, 1.82) is 0 Å². The Kier molecular flexibility index (Phi) is 6.39. The fourth-order valence-electron chi connectivity index (χ4n) is 2.91. The van der Waals surface area contributed by atoms with Gasteiger partial charge in [-0.2, -0.15) is 23.3 Å². The molecule has 1 aliphatic rings. The number of carbonyl (C=O) groups excluding carboxylic acids is 2. The van der Waals surface area contributed by atoms with Crippen molar-refractivity contribution in [2.45, 2.75) is 20.0 Å². The fourth-order valence-corrected chi connectivity index (χ4v) is 3.64. The molecule has 0 N–H and O–H groups in total. The summed E-state index contributed by atoms with van der Waals surface area (Å²) in [4.78, 5) is 24.2. The predicted molar refractivity (Wildman–Crippen MR) is 117 cm³/mol. The Bertz CT molecular complexity index is 1130. The molecule has 0 fully saturated rings. The summed E-state index contributed by atoms with van der Waals surface area (Å²) < 4.78 is 50.1. The molecule has 1 heterocycles. The van der Waals surface area contributed by atoms with Gasteiger partial charge in [-0.25, -0.2) is 0 Å². The fraction of sp³-hybridized carbons (Fsp3) is 0.190. The summed E-state index contributed by atoms with van der Waals surface area (Å²) in [5.74, 6) is -0.516. The number of ether oxygens (including phenoxy) is 2. The van der Waals surface area contributed by atoms with Crippen LogP contribution < -0.4 is 14.5 Å². The molecule has 0 aromatic heterocycles. The van der Waals surface area contributed by atoms with E-state index in [-0.39, 0.29) is 17.0 Å². The Hall–Kier alpha value is -2.89. The maximum Gasteiger partial charge on any atom is 0.416 e. The van der Waals surface area contributed by atoms with Gasteiger partial charge in [-0.05, 0) is 71.5 Å². The first-order valence-corrected chi connectivity index (χ1v) is 9.94. The van der Waals surface area contributed by atoms with E-state index >= 15 is 0 Å². The predicted octanol–water partition coefficient (Wildman–Crippen LogP) is 5.05. The molecule has 3 rings (SSSR count). The molecule has 2 aromatic rings. The average Bonchev–Trinajstić information content (AvgIpc) is 2.97. The Labute approximate surface area is 189 Å². The van der Waals surface area contributed by atoms with Crippen molar-refractivity contribution in [3.63, 3.8) is 0 Å². The zero-order valence-electron chi connectivity index (χ0n) is 16.6. The maximum absolute atomic E-state index is 13.0. The van der Waals surface area contributed by atoms with Crippen LogP contribution in [0.1, 0.15) is 25.0 Å². The van der Waals surface area contributed by atoms with Crippen LogP contribution in [-0.4, -0.2) is 24.7 Å². The summed E-state index contributed by atoms with van der Waals surface area (Å²) in [6.45, 7) is 2.86. The molecule has 0 radical (unpaired) electrons. The Morgan fingerprint density at radius 3 is 2.55 bits per heavy atom. The molecular formula is C21H16F3IN2O4. The van der Waals surface area contributed by atoms with Crippen LogP contribution in [0.15, 0.2) is 47.1 Å². The molecule has 2 aromatic carbocycles. The van der Waals surface area contributed by atoms with Crippen molar-refractivity contribution < 1.29 is 32.2 Å². The minimum atomic E-state index is -4.53. The number of rotatable bonds is 4. The number of hydrogen-bond acceptors (Lipinski definition) is 5. The highest BCUT2D eigenvalue weighted by atomic mass is 127. The highest BCUT2D eigenvalue weighted by molar-refractivity contribution is 14.1. The summed E-state index contributed by atoms with van der Waals surface area (Å²) in [5, 5.41) is 5.06. The third-order valence-corrected chi connectivity index (χ3v) is 5.09. The number of hydrazone groups is 1. The topological polar surface area (TPSA) is 68.2 Å². The van der Waals surface area contributed by atoms with Gasteiger partial charge in [-0.15, -0.1) is 0 Å². The van der Waals surface area contributed by atoms with Crippen LogP contribution in [-0.2, 0) is 15.8 Å². The molecule has 1 aliphatic heterocycles. The van der Waals surface area contributed by atoms with E-state index in [4.69, 9.17) is 9.47 Å². The summed E-state index contributed by atoms with van der Waals surface area (Å²) in [6, 6.07) is 7.67. The number of alkyl halides is 3. The summed E-state index contributed by atoms with van der Waals surface area (Å²) >= 11 is 1.97. The van der Waals surface area contributed by atoms with Crippen molar-refractivity contribution in [3.05, 3.63) is 56.7 Å². The number of hydrogen-bond donors (Lipinski definition) is 0. The van der Waals surface area contributed by atoms with Crippen LogP contribution in [0.3, 0.4) is 0 Å². The lowest BCUT2D eigenvalue weighted by Crippen LogP contribution is -2.21. The molecule has 10 heteroatoms. The van der Waals surface area contributed by atoms with Crippen molar-refractivity contribution in [2.24, 2.45) is 5.10 Å². The first-order chi connectivity index (χ1) is 14.5. The molecule has 0 saturated heterocycles. The van der Waals surface area contributed by atoms with Crippen LogP contribution in [0.2, 0.25) is 0 Å². The summed E-state index contributed by atoms with van der Waals surface area (Å²) in [7, 11) is 1.41. The number of anilines is 1. The first-order valence-electron chi connectivity index (χ1n) is 8.86. The lowest BCUT2D eigenvalue weighted by Gasteiger charge is -2.14. The van der Waals surface area contributed by atoms with E-state index in [9.17, 15) is 22.8 Å². The molecule has 0 spiro atoms. The molecule has 1 amide bonds. The number of amides is 1. The van der Waals surface area contributed by atoms with Crippen LogP contribution in [0.25, 0.3) is 6.08 Å². The average molecular weight is 544 g/mol. The third kappa shape index (κ3) is 4.89. The van der Waals surface area contributed by atoms with Crippen LogP contribution in [0.4, 0.5) is 18.9 Å². The van der Waals surface area contributed by atoms with Crippen LogP contribution in [0.5, 0.6) is 11.5 Å². The first kappa shape index (κ1) is 22.8. The Morgan fingerprint density at radius 1 is 1.23 bits per heavy atom. The van der Waals surface area contributed by atoms with Crippen molar-refractivity contribution in [3.8, 4) is 11.5 Å². The standard InChI is InChI=1S/C21H16F3IN2O4/c1-11-16(7-13-8-17(25)19(31-12(2)28)18(9-13)30-3)20(29)27(26-11)15-6-4-5-14(10-15)21(22,23)24/h4-10H,1-3H3/b16-7+. The van der Waals surface area contributed by atoms with Gasteiger partial charge in [0.2, 0.25) is 0 Å². The number of methoxy groups -OCH3 is 1. The molecule has 31 heavy (non-hydrogen) atoms. The lowest BCUT2D eigenvalue weighted by atomic mass is 10.1. The molecular weight excluding hydrogens is 528 g/mol. The molecule has 0 atom stereocenters. The second kappa shape index (κ2) is 8.69. The number of benzene rings is 2. The quantitative estimate of drug-likeness (QED) is 0.234. The highest BCUT2D eigenvalue weighted by Crippen LogP contribution is 2.36. The van der Waals surface area contributed by atoms with Gasteiger partial charge in [0.15, 0.2) is 11.5 Å². The zero-order chi connectivity index (χ0) is 22.9. The van der Waals surface area contributed by atoms with Crippen molar-refractivity contribution in [2.75, 3.05) is 12.1 Å². The van der Waals surface area contributed by atoms with Gasteiger partial charge in [0, 0.05) is 6.92 Å². The number of halogens is 4. The van der Waals surface area contributed by atoms with Gasteiger partial charge < -0.3 is 9.47 Å². The zero-order valence-corrected chi connectivity index (χ0v) is 18.7. The van der Waals surface area contributed by atoms with Gasteiger partial charge in [-0.1, -0.05) is 6.07 Å². The molecule has 0 saturated carbocycles. The lowest BCUT2D eigenvalue weighted by molar-refractivity contribution is -0.137. The maximum atomic E-state index is 13.0. The molecule has 6 nitrogen and oxygen atoms in total. The van der Waals surface area contributed by atoms with E-state index in [1.54, 1.807) is 25.1 Å². The van der Waals surface area contributed by atoms with E-state index in [1.165, 1.54) is 26.2 Å². The van der Waals surface area contributed by atoms with Gasteiger partial charge in [0.05, 0.1) is 33.2 Å². The van der Waals surface area contributed by atoms with Gasteiger partial charge in [-0.3, -0.25) is 9.59 Å². The molecule has 0 aliphatic carbocycles. The minimum Gasteiger partial charge on any atom is -0.493 e. The van der Waals surface area contributed by atoms with Crippen molar-refractivity contribution >= 4 is 51.9 Å². The van der Waals surface area contributed by atoms with Crippen molar-refractivity contribution in [1.82, 2.24) is 0 Å².